The number of nitrogens with one attached hydrogen (secondary N) is 1. The molecule has 0 saturated heterocycles. The van der Waals surface area contributed by atoms with Crippen molar-refractivity contribution < 1.29 is 4.79 Å². The van der Waals surface area contributed by atoms with Crippen LogP contribution in [0.1, 0.15) is 0 Å². The molecule has 0 atom stereocenters. The van der Waals surface area contributed by atoms with Crippen LogP contribution in [0.5, 0.6) is 0 Å². The molecule has 0 aromatic heterocycles. The summed E-state index contributed by atoms with van der Waals surface area (Å²) in [6.45, 7) is 0.323. The summed E-state index contributed by atoms with van der Waals surface area (Å²) in [6, 6.07) is 0. The summed E-state index contributed by atoms with van der Waals surface area (Å²) in [7, 11) is 0. The Balaban J connectivity index is 2.72. The minimum Gasteiger partial charge on any atom is -0.348 e. The summed E-state index contributed by atoms with van der Waals surface area (Å²) >= 11 is 0. The van der Waals surface area contributed by atoms with Gasteiger partial charge in [0.1, 0.15) is 0 Å². The Bertz CT molecular complexity index is 72.1. The smallest absolute Gasteiger partial charge is 0.207 e. The molecule has 0 radical (unpaired) electrons. The summed E-state index contributed by atoms with van der Waals surface area (Å²) in [6.07, 6.45) is 5.31. The van der Waals surface area contributed by atoms with Gasteiger partial charge in [0.05, 0.1) is 6.54 Å². The van der Waals surface area contributed by atoms with Crippen LogP contribution < -0.4 is 5.32 Å². The van der Waals surface area contributed by atoms with Crippen LogP contribution in [0, 0.1) is 12.3 Å². The molecule has 0 aliphatic heterocycles. The van der Waals surface area contributed by atoms with E-state index >= 15 is 0 Å². The van der Waals surface area contributed by atoms with Crippen molar-refractivity contribution in [2.75, 3.05) is 6.54 Å². The minimum atomic E-state index is 0.323. The van der Waals surface area contributed by atoms with Crippen molar-refractivity contribution in [3.63, 3.8) is 0 Å². The number of carbonyl (C=O) groups excluding carboxylic acids is 1. The highest BCUT2D eigenvalue weighted by molar-refractivity contribution is 5.46. The highest BCUT2D eigenvalue weighted by Gasteiger charge is 1.63. The number of amides is 1. The molecular weight excluding hydrogens is 78.0 g/mol. The van der Waals surface area contributed by atoms with Gasteiger partial charge >= 0.3 is 0 Å². The standard InChI is InChI=1S/C4H5NO/c1-2-3-5-4-6/h1,4H,3H2,(H,5,6). The van der Waals surface area contributed by atoms with Crippen molar-refractivity contribution in [2.45, 2.75) is 0 Å². The van der Waals surface area contributed by atoms with E-state index in [-0.39, 0.29) is 0 Å². The predicted molar refractivity (Wildman–Crippen MR) is 22.9 cm³/mol. The fourth-order valence-corrected chi connectivity index (χ4v) is 0.101. The van der Waals surface area contributed by atoms with Crippen molar-refractivity contribution in [3.8, 4) is 12.3 Å². The summed E-state index contributed by atoms with van der Waals surface area (Å²) in [5, 5.41) is 2.28. The van der Waals surface area contributed by atoms with Gasteiger partial charge in [-0.15, -0.1) is 6.42 Å². The molecule has 0 fully saturated rings. The zero-order chi connectivity index (χ0) is 4.83. The van der Waals surface area contributed by atoms with E-state index in [0.29, 0.717) is 13.0 Å². The Kier molecular flexibility index (Phi) is 3.38. The Morgan fingerprint density at radius 2 is 2.67 bits per heavy atom. The van der Waals surface area contributed by atoms with Crippen molar-refractivity contribution in [3.05, 3.63) is 0 Å². The van der Waals surface area contributed by atoms with E-state index in [9.17, 15) is 4.79 Å². The lowest BCUT2D eigenvalue weighted by Gasteiger charge is -1.78. The molecule has 0 heterocycles. The third-order valence-corrected chi connectivity index (χ3v) is 0.287. The van der Waals surface area contributed by atoms with Crippen molar-refractivity contribution in [2.24, 2.45) is 0 Å². The second-order valence-corrected chi connectivity index (χ2v) is 0.703. The lowest BCUT2D eigenvalue weighted by atomic mass is 10.7. The summed E-state index contributed by atoms with van der Waals surface area (Å²) < 4.78 is 0. The van der Waals surface area contributed by atoms with E-state index < -0.39 is 0 Å². The SMILES string of the molecule is C#CCNC=O. The third-order valence-electron chi connectivity index (χ3n) is 0.287. The van der Waals surface area contributed by atoms with Gasteiger partial charge < -0.3 is 5.32 Å². The van der Waals surface area contributed by atoms with Crippen molar-refractivity contribution in [1.82, 2.24) is 5.32 Å². The van der Waals surface area contributed by atoms with Gasteiger partial charge in [-0.2, -0.15) is 0 Å². The predicted octanol–water partition coefficient (Wildman–Crippen LogP) is -0.634. The van der Waals surface area contributed by atoms with Gasteiger partial charge in [-0.05, 0) is 0 Å². The average Bonchev–Trinajstić information content (AvgIpc) is 1.61. The van der Waals surface area contributed by atoms with Crippen LogP contribution in [0.15, 0.2) is 0 Å². The topological polar surface area (TPSA) is 29.1 Å². The number of hydrogen-bond acceptors (Lipinski definition) is 1. The molecule has 0 spiro atoms. The molecule has 0 aromatic carbocycles. The monoisotopic (exact) mass is 83.0 g/mol. The van der Waals surface area contributed by atoms with E-state index in [1.165, 1.54) is 0 Å². The van der Waals surface area contributed by atoms with Gasteiger partial charge in [0.15, 0.2) is 0 Å². The number of hydrogen-bond donors (Lipinski definition) is 1. The normalized spacial score (nSPS) is 5.83. The quantitative estimate of drug-likeness (QED) is 0.269. The first-order valence-electron chi connectivity index (χ1n) is 1.52. The molecule has 2 nitrogen and oxygen atoms in total. The van der Waals surface area contributed by atoms with Crippen LogP contribution >= 0.6 is 0 Å². The maximum absolute atomic E-state index is 9.36. The number of carbonyl (C=O) groups is 1. The lowest BCUT2D eigenvalue weighted by molar-refractivity contribution is -0.109. The second-order valence-electron chi connectivity index (χ2n) is 0.703. The largest absolute Gasteiger partial charge is 0.348 e. The molecule has 6 heavy (non-hydrogen) atoms. The fourth-order valence-electron chi connectivity index (χ4n) is 0.101. The molecule has 1 N–H and O–H groups in total. The van der Waals surface area contributed by atoms with Crippen LogP contribution in [-0.2, 0) is 4.79 Å². The third kappa shape index (κ3) is 3.03. The zero-order valence-corrected chi connectivity index (χ0v) is 3.27. The Hall–Kier alpha value is -0.970. The van der Waals surface area contributed by atoms with Crippen molar-refractivity contribution >= 4 is 6.41 Å². The molecule has 0 saturated carbocycles. The van der Waals surface area contributed by atoms with Gasteiger partial charge in [-0.3, -0.25) is 4.79 Å². The fraction of sp³-hybridized carbons (Fsp3) is 0.250. The highest BCUT2D eigenvalue weighted by Crippen LogP contribution is 1.40. The Morgan fingerprint density at radius 3 is 2.83 bits per heavy atom. The van der Waals surface area contributed by atoms with E-state index in [0.717, 1.165) is 0 Å². The first-order chi connectivity index (χ1) is 2.91. The molecule has 0 rings (SSSR count). The maximum atomic E-state index is 9.36. The molecule has 0 unspecified atom stereocenters. The highest BCUT2D eigenvalue weighted by atomic mass is 16.1. The molecule has 0 aromatic rings. The van der Waals surface area contributed by atoms with E-state index in [1.807, 2.05) is 0 Å². The maximum Gasteiger partial charge on any atom is 0.207 e. The summed E-state index contributed by atoms with van der Waals surface area (Å²) in [4.78, 5) is 9.36. The molecule has 32 valence electrons. The van der Waals surface area contributed by atoms with Crippen LogP contribution in [0.2, 0.25) is 0 Å². The Morgan fingerprint density at radius 1 is 2.00 bits per heavy atom. The molecule has 2 heteroatoms. The number of rotatable bonds is 2. The molecule has 0 aliphatic rings. The minimum absolute atomic E-state index is 0.323. The second kappa shape index (κ2) is 4.03. The summed E-state index contributed by atoms with van der Waals surface area (Å²) in [5.41, 5.74) is 0. The van der Waals surface area contributed by atoms with Crippen LogP contribution in [0.4, 0.5) is 0 Å². The van der Waals surface area contributed by atoms with Crippen molar-refractivity contribution in [1.29, 1.82) is 0 Å². The first-order valence-corrected chi connectivity index (χ1v) is 1.52. The molecule has 0 bridgehead atoms. The van der Waals surface area contributed by atoms with Crippen LogP contribution in [-0.4, -0.2) is 13.0 Å². The first kappa shape index (κ1) is 5.03. The average molecular weight is 83.1 g/mol. The van der Waals surface area contributed by atoms with E-state index in [1.54, 1.807) is 0 Å². The van der Waals surface area contributed by atoms with E-state index in [4.69, 9.17) is 6.42 Å². The van der Waals surface area contributed by atoms with Gasteiger partial charge in [-0.1, -0.05) is 5.92 Å². The van der Waals surface area contributed by atoms with Crippen LogP contribution in [0.25, 0.3) is 0 Å². The van der Waals surface area contributed by atoms with Gasteiger partial charge in [0.25, 0.3) is 0 Å². The lowest BCUT2D eigenvalue weighted by Crippen LogP contribution is -2.09. The molecule has 1 amide bonds. The molecule has 0 aliphatic carbocycles. The summed E-state index contributed by atoms with van der Waals surface area (Å²) in [5.74, 6) is 2.23. The Labute approximate surface area is 36.5 Å². The van der Waals surface area contributed by atoms with Gasteiger partial charge in [0, 0.05) is 0 Å². The number of terminal acetylenes is 1. The van der Waals surface area contributed by atoms with Crippen LogP contribution in [0.3, 0.4) is 0 Å². The van der Waals surface area contributed by atoms with E-state index in [2.05, 4.69) is 11.2 Å². The zero-order valence-electron chi connectivity index (χ0n) is 3.27. The van der Waals surface area contributed by atoms with Gasteiger partial charge in [-0.25, -0.2) is 0 Å². The molecular formula is C4H5NO. The van der Waals surface area contributed by atoms with Gasteiger partial charge in [0.2, 0.25) is 6.41 Å².